The molecule has 0 saturated carbocycles. The molecule has 1 aromatic carbocycles. The molecule has 120 valence electrons. The number of nitrogens with two attached hydrogens (primary N) is 1. The van der Waals surface area contributed by atoms with Gasteiger partial charge in [-0.05, 0) is 44.2 Å². The maximum atomic E-state index is 12.6. The molecule has 1 aliphatic heterocycles. The van der Waals surface area contributed by atoms with E-state index >= 15 is 0 Å². The molecule has 1 fully saturated rings. The van der Waals surface area contributed by atoms with E-state index < -0.39 is 10.0 Å². The molecule has 1 aromatic rings. The van der Waals surface area contributed by atoms with Crippen LogP contribution < -0.4 is 5.73 Å². The fraction of sp³-hybridized carbons (Fsp3) is 0.571. The van der Waals surface area contributed by atoms with Crippen LogP contribution >= 0.6 is 24.0 Å². The Balaban J connectivity index is 0.00000220. The maximum Gasteiger partial charge on any atom is 0.244 e. The lowest BCUT2D eigenvalue weighted by atomic mass is 9.92. The van der Waals surface area contributed by atoms with Gasteiger partial charge < -0.3 is 5.73 Å². The monoisotopic (exact) mass is 352 g/mol. The average Bonchev–Trinajstić information content (AvgIpc) is 2.41. The number of sulfonamides is 1. The van der Waals surface area contributed by atoms with Crippen molar-refractivity contribution in [2.45, 2.75) is 37.6 Å². The minimum absolute atomic E-state index is 0. The number of benzene rings is 1. The number of rotatable bonds is 3. The zero-order chi connectivity index (χ0) is 14.9. The van der Waals surface area contributed by atoms with Gasteiger partial charge in [-0.2, -0.15) is 4.31 Å². The Bertz CT molecular complexity index is 583. The fourth-order valence-electron chi connectivity index (χ4n) is 2.60. The van der Waals surface area contributed by atoms with Gasteiger partial charge in [0, 0.05) is 19.1 Å². The first-order valence-electron chi connectivity index (χ1n) is 6.85. The summed E-state index contributed by atoms with van der Waals surface area (Å²) in [5.74, 6) is 0.398. The first-order chi connectivity index (χ1) is 9.34. The molecule has 0 bridgehead atoms. The van der Waals surface area contributed by atoms with Gasteiger partial charge in [-0.25, -0.2) is 8.42 Å². The number of aryl methyl sites for hydroxylation is 1. The van der Waals surface area contributed by atoms with Crippen molar-refractivity contribution in [3.8, 4) is 0 Å². The molecule has 0 aliphatic carbocycles. The summed E-state index contributed by atoms with van der Waals surface area (Å²) < 4.78 is 26.8. The van der Waals surface area contributed by atoms with Crippen LogP contribution in [-0.2, 0) is 10.0 Å². The van der Waals surface area contributed by atoms with Gasteiger partial charge in [0.05, 0.1) is 5.02 Å². The zero-order valence-electron chi connectivity index (χ0n) is 12.3. The zero-order valence-corrected chi connectivity index (χ0v) is 14.6. The summed E-state index contributed by atoms with van der Waals surface area (Å²) in [6.45, 7) is 4.81. The van der Waals surface area contributed by atoms with Crippen LogP contribution in [0.25, 0.3) is 0 Å². The molecule has 21 heavy (non-hydrogen) atoms. The summed E-state index contributed by atoms with van der Waals surface area (Å²) in [5.41, 5.74) is 6.66. The van der Waals surface area contributed by atoms with Crippen LogP contribution in [0.3, 0.4) is 0 Å². The lowest BCUT2D eigenvalue weighted by molar-refractivity contribution is 0.250. The highest BCUT2D eigenvalue weighted by atomic mass is 35.5. The SMILES string of the molecule is Cc1cccc(S(=O)(=O)N2CCC(C(C)N)CC2)c1Cl.Cl. The second kappa shape index (κ2) is 7.29. The lowest BCUT2D eigenvalue weighted by Gasteiger charge is -2.33. The largest absolute Gasteiger partial charge is 0.328 e. The standard InChI is InChI=1S/C14H21ClN2O2S.ClH/c1-10-4-3-5-13(14(10)15)20(18,19)17-8-6-12(7-9-17)11(2)16;/h3-5,11-12H,6-9,16H2,1-2H3;1H. The summed E-state index contributed by atoms with van der Waals surface area (Å²) in [7, 11) is -3.50. The number of halogens is 2. The highest BCUT2D eigenvalue weighted by Gasteiger charge is 2.31. The molecule has 1 unspecified atom stereocenters. The van der Waals surface area contributed by atoms with Crippen LogP contribution in [0, 0.1) is 12.8 Å². The predicted octanol–water partition coefficient (Wildman–Crippen LogP) is 2.82. The van der Waals surface area contributed by atoms with Gasteiger partial charge in [-0.15, -0.1) is 12.4 Å². The van der Waals surface area contributed by atoms with E-state index in [1.54, 1.807) is 12.1 Å². The highest BCUT2D eigenvalue weighted by molar-refractivity contribution is 7.89. The number of hydrogen-bond donors (Lipinski definition) is 1. The van der Waals surface area contributed by atoms with Crippen molar-refractivity contribution in [3.63, 3.8) is 0 Å². The van der Waals surface area contributed by atoms with E-state index in [2.05, 4.69) is 0 Å². The summed E-state index contributed by atoms with van der Waals surface area (Å²) in [5, 5.41) is 0.321. The van der Waals surface area contributed by atoms with Crippen LogP contribution in [0.2, 0.25) is 5.02 Å². The van der Waals surface area contributed by atoms with Gasteiger partial charge >= 0.3 is 0 Å². The fourth-order valence-corrected chi connectivity index (χ4v) is 4.63. The van der Waals surface area contributed by atoms with Gasteiger partial charge in [0.2, 0.25) is 10.0 Å². The topological polar surface area (TPSA) is 63.4 Å². The van der Waals surface area contributed by atoms with E-state index in [0.29, 0.717) is 24.0 Å². The third kappa shape index (κ3) is 3.90. The summed E-state index contributed by atoms with van der Waals surface area (Å²) >= 11 is 6.15. The molecule has 7 heteroatoms. The molecule has 2 N–H and O–H groups in total. The Hall–Kier alpha value is -0.330. The molecule has 4 nitrogen and oxygen atoms in total. The molecule has 0 radical (unpaired) electrons. The average molecular weight is 353 g/mol. The number of nitrogens with zero attached hydrogens (tertiary/aromatic N) is 1. The van der Waals surface area contributed by atoms with Gasteiger partial charge in [-0.1, -0.05) is 23.7 Å². The quantitative estimate of drug-likeness (QED) is 0.909. The van der Waals surface area contributed by atoms with E-state index in [4.69, 9.17) is 17.3 Å². The molecule has 1 atom stereocenters. The van der Waals surface area contributed by atoms with Crippen molar-refractivity contribution >= 4 is 34.0 Å². The van der Waals surface area contributed by atoms with Gasteiger partial charge in [0.1, 0.15) is 4.90 Å². The molecule has 0 amide bonds. The Labute approximate surface area is 138 Å². The second-order valence-electron chi connectivity index (χ2n) is 5.49. The van der Waals surface area contributed by atoms with Crippen LogP contribution in [0.1, 0.15) is 25.3 Å². The van der Waals surface area contributed by atoms with E-state index in [1.807, 2.05) is 19.9 Å². The van der Waals surface area contributed by atoms with Gasteiger partial charge in [-0.3, -0.25) is 0 Å². The first kappa shape index (κ1) is 18.7. The molecular formula is C14H22Cl2N2O2S. The molecule has 2 rings (SSSR count). The lowest BCUT2D eigenvalue weighted by Crippen LogP contribution is -2.42. The maximum absolute atomic E-state index is 12.6. The van der Waals surface area contributed by atoms with E-state index in [1.165, 1.54) is 4.31 Å². The summed E-state index contributed by atoms with van der Waals surface area (Å²) in [4.78, 5) is 0.207. The van der Waals surface area contributed by atoms with Gasteiger partial charge in [0.25, 0.3) is 0 Å². The molecule has 0 spiro atoms. The van der Waals surface area contributed by atoms with Crippen LogP contribution in [0.15, 0.2) is 23.1 Å². The molecule has 1 aliphatic rings. The van der Waals surface area contributed by atoms with Crippen molar-refractivity contribution in [1.82, 2.24) is 4.31 Å². The number of piperidine rings is 1. The van der Waals surface area contributed by atoms with Crippen molar-refractivity contribution in [3.05, 3.63) is 28.8 Å². The van der Waals surface area contributed by atoms with Crippen LogP contribution in [-0.4, -0.2) is 31.9 Å². The molecule has 0 aromatic heterocycles. The molecular weight excluding hydrogens is 331 g/mol. The van der Waals surface area contributed by atoms with Crippen molar-refractivity contribution in [2.75, 3.05) is 13.1 Å². The third-order valence-corrected chi connectivity index (χ3v) is 6.57. The minimum atomic E-state index is -3.50. The van der Waals surface area contributed by atoms with E-state index in [-0.39, 0.29) is 23.3 Å². The molecule has 1 heterocycles. The Kier molecular flexibility index (Phi) is 6.50. The van der Waals surface area contributed by atoms with Crippen molar-refractivity contribution in [1.29, 1.82) is 0 Å². The molecule has 1 saturated heterocycles. The van der Waals surface area contributed by atoms with Crippen molar-refractivity contribution in [2.24, 2.45) is 11.7 Å². The van der Waals surface area contributed by atoms with Gasteiger partial charge in [0.15, 0.2) is 0 Å². The van der Waals surface area contributed by atoms with Crippen molar-refractivity contribution < 1.29 is 8.42 Å². The van der Waals surface area contributed by atoms with Crippen LogP contribution in [0.5, 0.6) is 0 Å². The van der Waals surface area contributed by atoms with E-state index in [0.717, 1.165) is 18.4 Å². The number of hydrogen-bond acceptors (Lipinski definition) is 3. The van der Waals surface area contributed by atoms with Crippen LogP contribution in [0.4, 0.5) is 0 Å². The summed E-state index contributed by atoms with van der Waals surface area (Å²) in [6, 6.07) is 5.22. The minimum Gasteiger partial charge on any atom is -0.328 e. The second-order valence-corrected chi connectivity index (χ2v) is 7.77. The normalized spacial score (nSPS) is 19.0. The van der Waals surface area contributed by atoms with E-state index in [9.17, 15) is 8.42 Å². The first-order valence-corrected chi connectivity index (χ1v) is 8.66. The summed E-state index contributed by atoms with van der Waals surface area (Å²) in [6.07, 6.45) is 1.61. The smallest absolute Gasteiger partial charge is 0.244 e. The Morgan fingerprint density at radius 2 is 1.90 bits per heavy atom. The third-order valence-electron chi connectivity index (χ3n) is 4.02. The predicted molar refractivity (Wildman–Crippen MR) is 88.6 cm³/mol. The Morgan fingerprint density at radius 1 is 1.33 bits per heavy atom. The Morgan fingerprint density at radius 3 is 2.43 bits per heavy atom. The highest BCUT2D eigenvalue weighted by Crippen LogP contribution is 2.30.